The number of hydrogen-bond donors (Lipinski definition) is 0. The molecule has 1 rings (SSSR count). The van der Waals surface area contributed by atoms with Gasteiger partial charge in [0.1, 0.15) is 0 Å². The molecule has 0 spiro atoms. The van der Waals surface area contributed by atoms with Crippen molar-refractivity contribution in [1.82, 2.24) is 0 Å². The summed E-state index contributed by atoms with van der Waals surface area (Å²) < 4.78 is 0. The molecule has 0 fully saturated rings. The van der Waals surface area contributed by atoms with Crippen LogP contribution in [0.1, 0.15) is 41.5 Å². The summed E-state index contributed by atoms with van der Waals surface area (Å²) in [5, 5.41) is 0. The van der Waals surface area contributed by atoms with Crippen molar-refractivity contribution in [3.8, 4) is 0 Å². The summed E-state index contributed by atoms with van der Waals surface area (Å²) in [6.45, 7) is 12.4. The van der Waals surface area contributed by atoms with Gasteiger partial charge >= 0.3 is 0 Å². The van der Waals surface area contributed by atoms with Gasteiger partial charge in [0, 0.05) is 11.6 Å². The topological polar surface area (TPSA) is 12.4 Å². The van der Waals surface area contributed by atoms with E-state index in [0.29, 0.717) is 0 Å². The molecule has 1 heteroatoms. The number of aliphatic imine (C=N–C) groups is 1. The molecule has 0 aromatic carbocycles. The standard InChI is InChI=1S/C12H17N.C2H6/c1-5-10-7-8-12(3,4)9-13-11(10)6-2;1-2/h5-9H,1-4H3;1-2H3/b10-5-,11-6+;. The van der Waals surface area contributed by atoms with Crippen LogP contribution in [0.4, 0.5) is 0 Å². The number of nitrogens with zero attached hydrogens (tertiary/aromatic N) is 1. The van der Waals surface area contributed by atoms with Gasteiger partial charge in [-0.3, -0.25) is 4.99 Å². The first-order valence-corrected chi connectivity index (χ1v) is 5.66. The molecular formula is C14H23N. The van der Waals surface area contributed by atoms with Crippen LogP contribution in [-0.4, -0.2) is 6.21 Å². The third kappa shape index (κ3) is 4.28. The average molecular weight is 205 g/mol. The van der Waals surface area contributed by atoms with E-state index in [1.807, 2.05) is 40.0 Å². The van der Waals surface area contributed by atoms with Crippen LogP contribution in [0.5, 0.6) is 0 Å². The quantitative estimate of drug-likeness (QED) is 0.551. The molecule has 0 N–H and O–H groups in total. The second kappa shape index (κ2) is 6.39. The van der Waals surface area contributed by atoms with Crippen molar-refractivity contribution >= 4 is 6.21 Å². The highest BCUT2D eigenvalue weighted by atomic mass is 14.7. The van der Waals surface area contributed by atoms with Crippen LogP contribution in [0.25, 0.3) is 0 Å². The van der Waals surface area contributed by atoms with Gasteiger partial charge in [-0.2, -0.15) is 0 Å². The lowest BCUT2D eigenvalue weighted by Crippen LogP contribution is -2.07. The predicted molar refractivity (Wildman–Crippen MR) is 70.3 cm³/mol. The molecule has 0 radical (unpaired) electrons. The first-order valence-electron chi connectivity index (χ1n) is 5.66. The molecule has 0 amide bonds. The van der Waals surface area contributed by atoms with E-state index in [0.717, 1.165) is 5.70 Å². The molecule has 0 unspecified atom stereocenters. The van der Waals surface area contributed by atoms with E-state index in [4.69, 9.17) is 0 Å². The summed E-state index contributed by atoms with van der Waals surface area (Å²) in [4.78, 5) is 4.45. The largest absolute Gasteiger partial charge is 0.260 e. The van der Waals surface area contributed by atoms with Crippen LogP contribution in [0.3, 0.4) is 0 Å². The van der Waals surface area contributed by atoms with Gasteiger partial charge in [0.25, 0.3) is 0 Å². The molecule has 0 saturated heterocycles. The van der Waals surface area contributed by atoms with E-state index < -0.39 is 0 Å². The normalized spacial score (nSPS) is 23.6. The van der Waals surface area contributed by atoms with Gasteiger partial charge in [0.15, 0.2) is 0 Å². The maximum atomic E-state index is 4.45. The Bertz CT molecular complexity index is 271. The molecule has 0 aromatic heterocycles. The zero-order chi connectivity index (χ0) is 11.9. The highest BCUT2D eigenvalue weighted by Crippen LogP contribution is 2.23. The van der Waals surface area contributed by atoms with Gasteiger partial charge in [0.05, 0.1) is 5.70 Å². The third-order valence-corrected chi connectivity index (χ3v) is 2.11. The molecule has 1 aliphatic rings. The first-order chi connectivity index (χ1) is 7.09. The molecular weight excluding hydrogens is 182 g/mol. The van der Waals surface area contributed by atoms with Crippen LogP contribution in [-0.2, 0) is 0 Å². The first kappa shape index (κ1) is 13.9. The third-order valence-electron chi connectivity index (χ3n) is 2.11. The van der Waals surface area contributed by atoms with Gasteiger partial charge < -0.3 is 0 Å². The minimum Gasteiger partial charge on any atom is -0.260 e. The second-order valence-corrected chi connectivity index (χ2v) is 3.83. The van der Waals surface area contributed by atoms with Crippen molar-refractivity contribution < 1.29 is 0 Å². The Kier molecular flexibility index (Phi) is 5.92. The Morgan fingerprint density at radius 3 is 2.20 bits per heavy atom. The van der Waals surface area contributed by atoms with E-state index in [1.165, 1.54) is 5.57 Å². The minimum atomic E-state index is 0.0685. The van der Waals surface area contributed by atoms with Crippen LogP contribution in [0, 0.1) is 5.41 Å². The fourth-order valence-corrected chi connectivity index (χ4v) is 1.23. The van der Waals surface area contributed by atoms with Crippen LogP contribution in [0.2, 0.25) is 0 Å². The number of allylic oxidation sites excluding steroid dienone is 4. The van der Waals surface area contributed by atoms with E-state index in [1.54, 1.807) is 0 Å². The Hall–Kier alpha value is -1.11. The second-order valence-electron chi connectivity index (χ2n) is 3.83. The lowest BCUT2D eigenvalue weighted by Gasteiger charge is -2.10. The molecule has 1 heterocycles. The molecule has 84 valence electrons. The smallest absolute Gasteiger partial charge is 0.0652 e. The lowest BCUT2D eigenvalue weighted by atomic mass is 9.95. The number of hydrogen-bond acceptors (Lipinski definition) is 1. The summed E-state index contributed by atoms with van der Waals surface area (Å²) in [7, 11) is 0. The molecule has 0 bridgehead atoms. The highest BCUT2D eigenvalue weighted by Gasteiger charge is 2.13. The zero-order valence-corrected chi connectivity index (χ0v) is 10.8. The predicted octanol–water partition coefficient (Wildman–Crippen LogP) is 4.53. The minimum absolute atomic E-state index is 0.0685. The molecule has 1 nitrogen and oxygen atoms in total. The lowest BCUT2D eigenvalue weighted by molar-refractivity contribution is 0.695. The van der Waals surface area contributed by atoms with Crippen LogP contribution < -0.4 is 0 Å². The molecule has 1 aliphatic heterocycles. The Balaban J connectivity index is 0.000000921. The average Bonchev–Trinajstić information content (AvgIpc) is 2.39. The van der Waals surface area contributed by atoms with E-state index in [9.17, 15) is 0 Å². The van der Waals surface area contributed by atoms with E-state index >= 15 is 0 Å². The van der Waals surface area contributed by atoms with Gasteiger partial charge in [-0.1, -0.05) is 52.0 Å². The van der Waals surface area contributed by atoms with Gasteiger partial charge in [0.2, 0.25) is 0 Å². The van der Waals surface area contributed by atoms with Gasteiger partial charge in [-0.25, -0.2) is 0 Å². The summed E-state index contributed by atoms with van der Waals surface area (Å²) in [6, 6.07) is 0. The molecule has 0 aromatic rings. The van der Waals surface area contributed by atoms with E-state index in [2.05, 4.69) is 37.1 Å². The van der Waals surface area contributed by atoms with E-state index in [-0.39, 0.29) is 5.41 Å². The summed E-state index contributed by atoms with van der Waals surface area (Å²) >= 11 is 0. The molecule has 0 aliphatic carbocycles. The highest BCUT2D eigenvalue weighted by molar-refractivity contribution is 5.71. The summed E-state index contributed by atoms with van der Waals surface area (Å²) in [5.74, 6) is 0. The summed E-state index contributed by atoms with van der Waals surface area (Å²) in [5.41, 5.74) is 2.33. The van der Waals surface area contributed by atoms with Crippen molar-refractivity contribution in [2.24, 2.45) is 10.4 Å². The zero-order valence-electron chi connectivity index (χ0n) is 10.8. The Labute approximate surface area is 94.3 Å². The molecule has 0 atom stereocenters. The summed E-state index contributed by atoms with van der Waals surface area (Å²) in [6.07, 6.45) is 10.4. The van der Waals surface area contributed by atoms with Gasteiger partial charge in [-0.15, -0.1) is 0 Å². The van der Waals surface area contributed by atoms with Crippen LogP contribution in [0.15, 0.2) is 40.6 Å². The van der Waals surface area contributed by atoms with Crippen molar-refractivity contribution in [3.05, 3.63) is 35.6 Å². The Morgan fingerprint density at radius 1 is 1.13 bits per heavy atom. The maximum absolute atomic E-state index is 4.45. The fourth-order valence-electron chi connectivity index (χ4n) is 1.23. The van der Waals surface area contributed by atoms with Crippen molar-refractivity contribution in [1.29, 1.82) is 0 Å². The van der Waals surface area contributed by atoms with Crippen LogP contribution >= 0.6 is 0 Å². The molecule has 15 heavy (non-hydrogen) atoms. The SMILES string of the molecule is C/C=C1/C=CC(C)(C)C=N/C1=C/C.CC. The molecule has 0 saturated carbocycles. The van der Waals surface area contributed by atoms with Crippen molar-refractivity contribution in [2.45, 2.75) is 41.5 Å². The fraction of sp³-hybridized carbons (Fsp3) is 0.500. The monoisotopic (exact) mass is 205 g/mol. The maximum Gasteiger partial charge on any atom is 0.0652 e. The Morgan fingerprint density at radius 2 is 1.73 bits per heavy atom. The van der Waals surface area contributed by atoms with Gasteiger partial charge in [-0.05, 0) is 19.4 Å². The van der Waals surface area contributed by atoms with Crippen molar-refractivity contribution in [2.75, 3.05) is 0 Å². The van der Waals surface area contributed by atoms with Crippen molar-refractivity contribution in [3.63, 3.8) is 0 Å². The number of rotatable bonds is 0.